The van der Waals surface area contributed by atoms with Gasteiger partial charge in [0.15, 0.2) is 5.78 Å². The Hall–Kier alpha value is -2.57. The molecule has 2 rings (SSSR count). The number of carbonyl (C=O) groups is 1. The second kappa shape index (κ2) is 6.51. The molecule has 1 aromatic heterocycles. The van der Waals surface area contributed by atoms with Gasteiger partial charge in [0, 0.05) is 23.2 Å². The van der Waals surface area contributed by atoms with E-state index >= 15 is 0 Å². The minimum atomic E-state index is -4.74. The van der Waals surface area contributed by atoms with E-state index in [9.17, 15) is 18.0 Å². The Morgan fingerprint density at radius 1 is 1.00 bits per heavy atom. The van der Waals surface area contributed by atoms with E-state index in [1.54, 1.807) is 26.8 Å². The molecule has 0 saturated heterocycles. The Bertz CT molecular complexity index is 719. The highest BCUT2D eigenvalue weighted by atomic mass is 19.4. The number of Topliss-reactive ketones (excluding diaryl/α,β-unsaturated/α-hetero) is 1. The zero-order valence-electron chi connectivity index (χ0n) is 13.3. The van der Waals surface area contributed by atoms with Crippen molar-refractivity contribution >= 4 is 5.78 Å². The summed E-state index contributed by atoms with van der Waals surface area (Å²) < 4.78 is 45.6. The lowest BCUT2D eigenvalue weighted by atomic mass is 9.87. The van der Waals surface area contributed by atoms with Gasteiger partial charge in [-0.15, -0.1) is 13.2 Å². The van der Waals surface area contributed by atoms with Crippen LogP contribution in [-0.4, -0.2) is 17.1 Å². The van der Waals surface area contributed by atoms with Crippen molar-refractivity contribution in [3.63, 3.8) is 0 Å². The molecule has 0 fully saturated rings. The molecule has 0 unspecified atom stereocenters. The first-order valence-corrected chi connectivity index (χ1v) is 7.09. The zero-order chi connectivity index (χ0) is 18.0. The average Bonchev–Trinajstić information content (AvgIpc) is 2.46. The number of ether oxygens (including phenoxy) is 2. The molecule has 0 saturated carbocycles. The van der Waals surface area contributed by atoms with Gasteiger partial charge in [-0.3, -0.25) is 4.79 Å². The Kier molecular flexibility index (Phi) is 4.82. The van der Waals surface area contributed by atoms with Crippen LogP contribution in [0.25, 0.3) is 0 Å². The third-order valence-electron chi connectivity index (χ3n) is 2.96. The molecule has 0 aliphatic heterocycles. The lowest BCUT2D eigenvalue weighted by molar-refractivity contribution is -0.274. The largest absolute Gasteiger partial charge is 0.573 e. The summed E-state index contributed by atoms with van der Waals surface area (Å²) in [4.78, 5) is 16.2. The molecule has 0 N–H and O–H groups in total. The van der Waals surface area contributed by atoms with Gasteiger partial charge in [-0.1, -0.05) is 20.8 Å². The van der Waals surface area contributed by atoms with Gasteiger partial charge in [-0.2, -0.15) is 0 Å². The van der Waals surface area contributed by atoms with Crippen molar-refractivity contribution in [2.45, 2.75) is 27.1 Å². The van der Waals surface area contributed by atoms with Crippen molar-refractivity contribution in [1.29, 1.82) is 0 Å². The van der Waals surface area contributed by atoms with Crippen LogP contribution in [0.2, 0.25) is 0 Å². The lowest BCUT2D eigenvalue weighted by Gasteiger charge is -2.16. The number of hydrogen-bond donors (Lipinski definition) is 0. The summed E-state index contributed by atoms with van der Waals surface area (Å²) in [6.45, 7) is 5.40. The third-order valence-corrected chi connectivity index (χ3v) is 2.96. The Labute approximate surface area is 137 Å². The molecule has 0 aliphatic carbocycles. The molecule has 0 amide bonds. The second-order valence-electron chi connectivity index (χ2n) is 6.08. The first-order valence-electron chi connectivity index (χ1n) is 7.09. The maximum absolute atomic E-state index is 12.2. The Balaban J connectivity index is 2.13. The van der Waals surface area contributed by atoms with E-state index in [0.29, 0.717) is 5.56 Å². The highest BCUT2D eigenvalue weighted by molar-refractivity contribution is 5.99. The Morgan fingerprint density at radius 3 is 2.12 bits per heavy atom. The van der Waals surface area contributed by atoms with Crippen LogP contribution in [-0.2, 0) is 0 Å². The van der Waals surface area contributed by atoms with Gasteiger partial charge in [-0.25, -0.2) is 4.98 Å². The molecule has 0 atom stereocenters. The number of aromatic nitrogens is 1. The van der Waals surface area contributed by atoms with Crippen molar-refractivity contribution in [2.75, 3.05) is 0 Å². The van der Waals surface area contributed by atoms with Crippen LogP contribution in [0, 0.1) is 5.41 Å². The minimum Gasteiger partial charge on any atom is -0.439 e. The number of nitrogens with zero attached hydrogens (tertiary/aromatic N) is 1. The van der Waals surface area contributed by atoms with Crippen molar-refractivity contribution < 1.29 is 27.4 Å². The molecule has 128 valence electrons. The predicted molar refractivity (Wildman–Crippen MR) is 81.2 cm³/mol. The number of ketones is 1. The number of pyridine rings is 1. The maximum atomic E-state index is 12.2. The van der Waals surface area contributed by atoms with Gasteiger partial charge < -0.3 is 9.47 Å². The summed E-state index contributed by atoms with van der Waals surface area (Å²) in [6, 6.07) is 7.98. The van der Waals surface area contributed by atoms with Crippen LogP contribution in [0.1, 0.15) is 31.1 Å². The normalized spacial score (nSPS) is 11.9. The van der Waals surface area contributed by atoms with E-state index < -0.39 is 11.8 Å². The zero-order valence-corrected chi connectivity index (χ0v) is 13.3. The van der Waals surface area contributed by atoms with E-state index in [1.165, 1.54) is 24.4 Å². The summed E-state index contributed by atoms with van der Waals surface area (Å²) in [5.74, 6) is 0.0371. The maximum Gasteiger partial charge on any atom is 0.573 e. The van der Waals surface area contributed by atoms with Gasteiger partial charge in [0.05, 0.1) is 0 Å². The average molecular weight is 339 g/mol. The predicted octanol–water partition coefficient (Wildman–Crippen LogP) is 5.00. The van der Waals surface area contributed by atoms with Crippen LogP contribution in [0.5, 0.6) is 17.4 Å². The van der Waals surface area contributed by atoms with Crippen molar-refractivity contribution in [3.05, 3.63) is 48.2 Å². The van der Waals surface area contributed by atoms with Crippen LogP contribution >= 0.6 is 0 Å². The van der Waals surface area contributed by atoms with Crippen LogP contribution < -0.4 is 9.47 Å². The van der Waals surface area contributed by atoms with Crippen molar-refractivity contribution in [3.8, 4) is 17.4 Å². The van der Waals surface area contributed by atoms with Gasteiger partial charge in [0.2, 0.25) is 5.88 Å². The van der Waals surface area contributed by atoms with E-state index in [-0.39, 0.29) is 23.2 Å². The van der Waals surface area contributed by atoms with E-state index in [2.05, 4.69) is 9.72 Å². The molecule has 4 nitrogen and oxygen atoms in total. The van der Waals surface area contributed by atoms with E-state index in [4.69, 9.17) is 4.74 Å². The molecule has 7 heteroatoms. The topological polar surface area (TPSA) is 48.4 Å². The number of carbonyl (C=O) groups excluding carboxylic acids is 1. The molecule has 0 spiro atoms. The van der Waals surface area contributed by atoms with Gasteiger partial charge >= 0.3 is 6.36 Å². The molecule has 1 heterocycles. The monoisotopic (exact) mass is 339 g/mol. The van der Waals surface area contributed by atoms with Gasteiger partial charge in [0.1, 0.15) is 11.5 Å². The Morgan fingerprint density at radius 2 is 1.58 bits per heavy atom. The van der Waals surface area contributed by atoms with Gasteiger partial charge in [0.25, 0.3) is 0 Å². The highest BCUT2D eigenvalue weighted by Crippen LogP contribution is 2.28. The fourth-order valence-corrected chi connectivity index (χ4v) is 1.87. The molecule has 24 heavy (non-hydrogen) atoms. The number of alkyl halides is 3. The van der Waals surface area contributed by atoms with Gasteiger partial charge in [-0.05, 0) is 30.3 Å². The summed E-state index contributed by atoms with van der Waals surface area (Å²) in [6.07, 6.45) is -3.30. The van der Waals surface area contributed by atoms with Crippen LogP contribution in [0.4, 0.5) is 13.2 Å². The number of rotatable bonds is 4. The summed E-state index contributed by atoms with van der Waals surface area (Å²) in [7, 11) is 0. The number of benzene rings is 1. The van der Waals surface area contributed by atoms with Crippen LogP contribution in [0.15, 0.2) is 42.6 Å². The first kappa shape index (κ1) is 17.8. The molecule has 0 radical (unpaired) electrons. The molecule has 0 aliphatic rings. The van der Waals surface area contributed by atoms with E-state index in [1.807, 2.05) is 0 Å². The molecule has 0 bridgehead atoms. The number of halogens is 3. The molecular weight excluding hydrogens is 323 g/mol. The lowest BCUT2D eigenvalue weighted by Crippen LogP contribution is -2.20. The van der Waals surface area contributed by atoms with Crippen LogP contribution in [0.3, 0.4) is 0 Å². The number of hydrogen-bond acceptors (Lipinski definition) is 4. The fraction of sp³-hybridized carbons (Fsp3) is 0.294. The molecule has 1 aromatic carbocycles. The second-order valence-corrected chi connectivity index (χ2v) is 6.08. The third kappa shape index (κ3) is 4.97. The summed E-state index contributed by atoms with van der Waals surface area (Å²) in [5, 5.41) is 0. The SMILES string of the molecule is CC(C)(C)C(=O)c1ccnc(Oc2ccc(OC(F)(F)F)cc2)c1. The smallest absolute Gasteiger partial charge is 0.439 e. The van der Waals surface area contributed by atoms with Crippen molar-refractivity contribution in [2.24, 2.45) is 5.41 Å². The quantitative estimate of drug-likeness (QED) is 0.736. The first-order chi connectivity index (χ1) is 11.0. The standard InChI is InChI=1S/C17H16F3NO3/c1-16(2,3)15(22)11-8-9-21-14(10-11)23-12-4-6-13(7-5-12)24-17(18,19)20/h4-10H,1-3H3. The minimum absolute atomic E-state index is 0.0660. The van der Waals surface area contributed by atoms with E-state index in [0.717, 1.165) is 12.1 Å². The van der Waals surface area contributed by atoms with Crippen molar-refractivity contribution in [1.82, 2.24) is 4.98 Å². The molecular formula is C17H16F3NO3. The summed E-state index contributed by atoms with van der Waals surface area (Å²) >= 11 is 0. The molecule has 2 aromatic rings. The highest BCUT2D eigenvalue weighted by Gasteiger charge is 2.31. The fourth-order valence-electron chi connectivity index (χ4n) is 1.87. The summed E-state index contributed by atoms with van der Waals surface area (Å²) in [5.41, 5.74) is -0.0978.